The van der Waals surface area contributed by atoms with Crippen LogP contribution in [0.3, 0.4) is 0 Å². The average Bonchev–Trinajstić information content (AvgIpc) is 2.34. The zero-order valence-electron chi connectivity index (χ0n) is 7.26. The molecular weight excluding hydrogens is 421 g/mol. The Morgan fingerprint density at radius 2 is 1.86 bits per heavy atom. The van der Waals surface area contributed by atoms with E-state index in [-0.39, 0.29) is 0 Å². The van der Waals surface area contributed by atoms with E-state index < -0.39 is 0 Å². The van der Waals surface area contributed by atoms with Crippen LogP contribution in [0.5, 0.6) is 0 Å². The smallest absolute Gasteiger partial charge is 0.0160 e. The second-order valence-electron chi connectivity index (χ2n) is 2.49. The van der Waals surface area contributed by atoms with Crippen molar-refractivity contribution in [1.82, 2.24) is 4.98 Å². The third-order valence-corrected chi connectivity index (χ3v) is 1.65. The van der Waals surface area contributed by atoms with Gasteiger partial charge in [-0.2, -0.15) is 0 Å². The summed E-state index contributed by atoms with van der Waals surface area (Å²) in [5, 5.41) is 0. The summed E-state index contributed by atoms with van der Waals surface area (Å²) < 4.78 is 0. The summed E-state index contributed by atoms with van der Waals surface area (Å²) in [5.41, 5.74) is 2.01. The van der Waals surface area contributed by atoms with Crippen molar-refractivity contribution in [3.8, 4) is 11.3 Å². The van der Waals surface area contributed by atoms with Crippen LogP contribution in [-0.2, 0) is 17.8 Å². The van der Waals surface area contributed by atoms with E-state index in [0.29, 0.717) is 0 Å². The maximum Gasteiger partial charge on any atom is 0.0160 e. The second kappa shape index (κ2) is 6.91. The zero-order chi connectivity index (χ0) is 10.2. The van der Waals surface area contributed by atoms with E-state index in [4.69, 9.17) is 0 Å². The largest absolute Gasteiger partial charge is 0.305 e. The van der Waals surface area contributed by atoms with Crippen LogP contribution in [0.1, 0.15) is 0 Å². The summed E-state index contributed by atoms with van der Waals surface area (Å²) in [7, 11) is 0. The Hall–Kier alpha value is -0.462. The number of rotatable bonds is 1. The minimum Gasteiger partial charge on any atom is -0.305 e. The van der Waals surface area contributed by atoms with Crippen LogP contribution in [0.2, 0.25) is 0 Å². The Kier molecular flexibility index (Phi) is 5.73. The topological polar surface area (TPSA) is 12.9 Å². The molecule has 0 amide bonds. The number of pyridine rings is 1. The first-order valence-corrected chi connectivity index (χ1v) is 8.93. The predicted molar refractivity (Wildman–Crippen MR) is 57.4 cm³/mol. The van der Waals surface area contributed by atoms with E-state index in [1.165, 1.54) is 0 Å². The predicted octanol–water partition coefficient (Wildman–Crippen LogP) is 3.39. The van der Waals surface area contributed by atoms with Gasteiger partial charge in [0.1, 0.15) is 0 Å². The van der Waals surface area contributed by atoms with Crippen LogP contribution in [-0.4, -0.2) is 4.98 Å². The van der Waals surface area contributed by atoms with E-state index in [0.717, 1.165) is 11.3 Å². The SMILES string of the molecule is [Br][Pt+].[c-]1ccccc1-c1ccccn1. The van der Waals surface area contributed by atoms with Gasteiger partial charge in [0.15, 0.2) is 0 Å². The molecule has 1 heterocycles. The fraction of sp³-hybridized carbons (Fsp3) is 0. The number of benzene rings is 1. The summed E-state index contributed by atoms with van der Waals surface area (Å²) in [4.78, 5) is 4.22. The molecule has 0 spiro atoms. The van der Waals surface area contributed by atoms with Crippen molar-refractivity contribution in [2.24, 2.45) is 0 Å². The Morgan fingerprint density at radius 3 is 2.43 bits per heavy atom. The van der Waals surface area contributed by atoms with Gasteiger partial charge in [0.2, 0.25) is 0 Å². The summed E-state index contributed by atoms with van der Waals surface area (Å²) >= 11 is 4.86. The molecule has 0 bridgehead atoms. The van der Waals surface area contributed by atoms with Crippen molar-refractivity contribution in [3.05, 3.63) is 54.7 Å². The van der Waals surface area contributed by atoms with Crippen molar-refractivity contribution in [2.75, 3.05) is 0 Å². The molecule has 1 nitrogen and oxygen atoms in total. The summed E-state index contributed by atoms with van der Waals surface area (Å²) in [6.45, 7) is 0. The first kappa shape index (κ1) is 11.6. The average molecular weight is 429 g/mol. The molecule has 74 valence electrons. The number of aromatic nitrogens is 1. The fourth-order valence-electron chi connectivity index (χ4n) is 1.07. The van der Waals surface area contributed by atoms with Gasteiger partial charge in [0.05, 0.1) is 0 Å². The molecule has 2 aromatic rings. The molecular formula is C11H8BrNPt. The molecule has 3 heteroatoms. The molecule has 0 radical (unpaired) electrons. The molecule has 0 aliphatic rings. The number of halogens is 1. The maximum atomic E-state index is 4.22. The molecule has 0 N–H and O–H groups in total. The van der Waals surface area contributed by atoms with Gasteiger partial charge in [-0.1, -0.05) is 12.1 Å². The van der Waals surface area contributed by atoms with Gasteiger partial charge >= 0.3 is 31.1 Å². The first-order valence-electron chi connectivity index (χ1n) is 3.97. The van der Waals surface area contributed by atoms with Gasteiger partial charge in [-0.05, 0) is 11.8 Å². The van der Waals surface area contributed by atoms with Crippen LogP contribution >= 0.6 is 13.3 Å². The monoisotopic (exact) mass is 428 g/mol. The van der Waals surface area contributed by atoms with Gasteiger partial charge in [-0.15, -0.1) is 35.9 Å². The summed E-state index contributed by atoms with van der Waals surface area (Å²) in [5.74, 6) is 0. The molecule has 2 rings (SSSR count). The third-order valence-electron chi connectivity index (χ3n) is 1.65. The molecule has 0 atom stereocenters. The molecule has 0 fully saturated rings. The van der Waals surface area contributed by atoms with Crippen molar-refractivity contribution in [1.29, 1.82) is 0 Å². The van der Waals surface area contributed by atoms with Crippen molar-refractivity contribution >= 4 is 13.3 Å². The van der Waals surface area contributed by atoms with E-state index in [2.05, 4.69) is 24.3 Å². The molecule has 1 aromatic carbocycles. The van der Waals surface area contributed by atoms with E-state index in [9.17, 15) is 0 Å². The molecule has 1 aromatic heterocycles. The minimum absolute atomic E-state index is 0.970. The van der Waals surface area contributed by atoms with Crippen LogP contribution in [0, 0.1) is 6.07 Å². The Morgan fingerprint density at radius 1 is 1.07 bits per heavy atom. The third kappa shape index (κ3) is 3.36. The van der Waals surface area contributed by atoms with Gasteiger partial charge < -0.3 is 4.98 Å². The van der Waals surface area contributed by atoms with Crippen LogP contribution < -0.4 is 0 Å². The zero-order valence-corrected chi connectivity index (χ0v) is 11.1. The summed E-state index contributed by atoms with van der Waals surface area (Å²) in [6.07, 6.45) is 1.79. The molecule has 14 heavy (non-hydrogen) atoms. The normalized spacial score (nSPS) is 8.79. The van der Waals surface area contributed by atoms with Crippen LogP contribution in [0.4, 0.5) is 0 Å². The van der Waals surface area contributed by atoms with Gasteiger partial charge in [-0.25, -0.2) is 0 Å². The number of nitrogens with zero attached hydrogens (tertiary/aromatic N) is 1. The number of hydrogen-bond donors (Lipinski definition) is 0. The van der Waals surface area contributed by atoms with Crippen molar-refractivity contribution < 1.29 is 17.8 Å². The summed E-state index contributed by atoms with van der Waals surface area (Å²) in [6, 6.07) is 16.8. The van der Waals surface area contributed by atoms with Gasteiger partial charge in [0, 0.05) is 6.20 Å². The molecule has 0 saturated carbocycles. The van der Waals surface area contributed by atoms with Gasteiger partial charge in [-0.3, -0.25) is 0 Å². The van der Waals surface area contributed by atoms with Crippen LogP contribution in [0.25, 0.3) is 11.3 Å². The van der Waals surface area contributed by atoms with Crippen LogP contribution in [0.15, 0.2) is 48.7 Å². The molecule has 0 aliphatic carbocycles. The fourth-order valence-corrected chi connectivity index (χ4v) is 1.07. The van der Waals surface area contributed by atoms with E-state index >= 15 is 0 Å². The molecule has 0 unspecified atom stereocenters. The Balaban J connectivity index is 0.000000461. The van der Waals surface area contributed by atoms with Crippen molar-refractivity contribution in [2.45, 2.75) is 0 Å². The van der Waals surface area contributed by atoms with Gasteiger partial charge in [0.25, 0.3) is 0 Å². The van der Waals surface area contributed by atoms with E-state index in [1.54, 1.807) is 6.20 Å². The van der Waals surface area contributed by atoms with E-state index in [1.807, 2.05) is 60.2 Å². The molecule has 0 saturated heterocycles. The Bertz CT molecular complexity index is 313. The standard InChI is InChI=1S/C11H8N.BrH.Pt/c1-2-6-10(7-3-1)11-8-4-5-9-12-11;;/h1-6,8-9H;1H;/q-1;;+2/p-1. The van der Waals surface area contributed by atoms with Crippen molar-refractivity contribution in [3.63, 3.8) is 0 Å². The first-order chi connectivity index (χ1) is 6.97. The second-order valence-corrected chi connectivity index (χ2v) is 2.49. The number of hydrogen-bond acceptors (Lipinski definition) is 1. The molecule has 0 aliphatic heterocycles. The Labute approximate surface area is 102 Å². The maximum absolute atomic E-state index is 4.22. The quantitative estimate of drug-likeness (QED) is 0.634. The minimum atomic E-state index is 0.970.